The number of fused-ring (bicyclic) bond motifs is 3. The van der Waals surface area contributed by atoms with Gasteiger partial charge in [0.1, 0.15) is 48.3 Å². The molecule has 2 unspecified atom stereocenters. The second kappa shape index (κ2) is 15.6. The number of aliphatic hydroxyl groups excluding tert-OH is 4. The minimum absolute atomic E-state index is 0.119. The van der Waals surface area contributed by atoms with E-state index in [-0.39, 0.29) is 51.0 Å². The predicted molar refractivity (Wildman–Crippen MR) is 203 cm³/mol. The highest BCUT2D eigenvalue weighted by Crippen LogP contribution is 2.48. The summed E-state index contributed by atoms with van der Waals surface area (Å²) in [5.41, 5.74) is 0.924. The van der Waals surface area contributed by atoms with Crippen LogP contribution >= 0.6 is 0 Å². The third kappa shape index (κ3) is 7.17. The summed E-state index contributed by atoms with van der Waals surface area (Å²) in [5.74, 6) is 0.863. The van der Waals surface area contributed by atoms with Crippen molar-refractivity contribution in [2.75, 3.05) is 13.2 Å². The zero-order chi connectivity index (χ0) is 40.3. The summed E-state index contributed by atoms with van der Waals surface area (Å²) in [6.45, 7) is 20.4. The Bertz CT molecular complexity index is 2090. The van der Waals surface area contributed by atoms with E-state index < -0.39 is 78.4 Å². The Kier molecular flexibility index (Phi) is 11.8. The number of hydrogen-bond acceptors (Lipinski definition) is 15. The van der Waals surface area contributed by atoms with Gasteiger partial charge < -0.3 is 52.8 Å². The summed E-state index contributed by atoms with van der Waals surface area (Å²) in [4.78, 5) is 46.1. The molecule has 0 radical (unpaired) electrons. The van der Waals surface area contributed by atoms with E-state index in [1.807, 2.05) is 0 Å². The molecule has 0 saturated carbocycles. The Morgan fingerprint density at radius 1 is 0.745 bits per heavy atom. The van der Waals surface area contributed by atoms with E-state index in [0.29, 0.717) is 17.3 Å². The molecule has 6 N–H and O–H groups in total. The smallest absolute Gasteiger partial charge is 0.335 e. The minimum Gasteiger partial charge on any atom is -0.414 e. The van der Waals surface area contributed by atoms with Gasteiger partial charge in [-0.15, -0.1) is 0 Å². The van der Waals surface area contributed by atoms with E-state index in [4.69, 9.17) is 27.5 Å². The molecule has 8 atom stereocenters. The molecular formula is C34H54N8O11Si2. The highest BCUT2D eigenvalue weighted by atomic mass is 28.5. The molecule has 4 aromatic heterocycles. The van der Waals surface area contributed by atoms with Crippen LogP contribution in [0.5, 0.6) is 0 Å². The Morgan fingerprint density at radius 3 is 1.65 bits per heavy atom. The second-order valence-corrected chi connectivity index (χ2v) is 24.6. The number of aliphatic hydroxyl groups is 4. The molecule has 0 spiro atoms. The molecule has 0 aromatic carbocycles. The van der Waals surface area contributed by atoms with E-state index in [1.165, 1.54) is 17.2 Å². The number of aryl methyl sites for hydroxylation is 2. The van der Waals surface area contributed by atoms with Crippen molar-refractivity contribution in [2.24, 2.45) is 0 Å². The maximum absolute atomic E-state index is 12.4. The first-order valence-corrected chi connectivity index (χ1v) is 22.7. The van der Waals surface area contributed by atoms with Crippen molar-refractivity contribution in [3.63, 3.8) is 0 Å². The van der Waals surface area contributed by atoms with Gasteiger partial charge in [0.05, 0.1) is 25.9 Å². The topological polar surface area (TPSA) is 254 Å². The van der Waals surface area contributed by atoms with Crippen LogP contribution in [0.1, 0.15) is 79.5 Å². The highest BCUT2D eigenvalue weighted by molar-refractivity contribution is 6.84. The van der Waals surface area contributed by atoms with Crippen molar-refractivity contribution in [1.82, 2.24) is 39.0 Å². The second-order valence-electron chi connectivity index (χ2n) is 15.8. The third-order valence-electron chi connectivity index (χ3n) is 10.8. The number of nitrogens with zero attached hydrogens (tertiary/aromatic N) is 6. The SMILES string of the molecule is Cc1nc2c(ncn2[C@@H]2O[C@@H]3CO[Si](C(C)C)(C(C)C)O[Si](C(C)C)(C(C)C)O[C@@H]3C2O)c(=O)[nH]1.Cc1nc2c(ncn2[C@@H]2O[C@H](CO)[C@H](O)C2O)c(=O)[nH]1. The first kappa shape index (κ1) is 41.4. The zero-order valence-electron chi connectivity index (χ0n) is 32.8. The van der Waals surface area contributed by atoms with Crippen LogP contribution in [-0.2, 0) is 22.4 Å². The Hall–Kier alpha value is -3.23. The van der Waals surface area contributed by atoms with Gasteiger partial charge in [-0.25, -0.2) is 19.9 Å². The van der Waals surface area contributed by atoms with Crippen LogP contribution in [0, 0.1) is 13.8 Å². The van der Waals surface area contributed by atoms with Gasteiger partial charge in [0.2, 0.25) is 0 Å². The van der Waals surface area contributed by atoms with E-state index in [0.717, 1.165) is 0 Å². The summed E-state index contributed by atoms with van der Waals surface area (Å²) in [7, 11) is -5.60. The number of imidazole rings is 2. The van der Waals surface area contributed by atoms with Gasteiger partial charge in [-0.1, -0.05) is 55.4 Å². The first-order chi connectivity index (χ1) is 25.9. The van der Waals surface area contributed by atoms with Crippen molar-refractivity contribution < 1.29 is 42.9 Å². The molecule has 21 heteroatoms. The summed E-state index contributed by atoms with van der Waals surface area (Å²) < 4.78 is 35.7. The van der Waals surface area contributed by atoms with Crippen LogP contribution in [0.4, 0.5) is 0 Å². The van der Waals surface area contributed by atoms with Crippen LogP contribution in [0.25, 0.3) is 22.3 Å². The summed E-state index contributed by atoms with van der Waals surface area (Å²) in [6, 6.07) is 0. The van der Waals surface area contributed by atoms with Crippen molar-refractivity contribution >= 4 is 39.4 Å². The number of nitrogens with one attached hydrogen (secondary N) is 2. The number of rotatable bonds is 7. The van der Waals surface area contributed by atoms with Crippen molar-refractivity contribution in [2.45, 2.75) is 140 Å². The summed E-state index contributed by atoms with van der Waals surface area (Å²) in [5, 5.41) is 40.3. The molecule has 0 aliphatic carbocycles. The van der Waals surface area contributed by atoms with Crippen molar-refractivity contribution in [3.05, 3.63) is 45.0 Å². The molecular weight excluding hydrogens is 753 g/mol. The number of aromatic amines is 2. The van der Waals surface area contributed by atoms with Gasteiger partial charge in [0, 0.05) is 0 Å². The molecule has 3 aliphatic rings. The van der Waals surface area contributed by atoms with Gasteiger partial charge in [-0.2, -0.15) is 0 Å². The number of H-pyrrole nitrogens is 2. The quantitative estimate of drug-likeness (QED) is 0.145. The molecule has 3 fully saturated rings. The molecule has 7 rings (SSSR count). The molecule has 0 bridgehead atoms. The van der Waals surface area contributed by atoms with Gasteiger partial charge in [0.25, 0.3) is 11.1 Å². The molecule has 0 amide bonds. The van der Waals surface area contributed by atoms with Gasteiger partial charge in [-0.3, -0.25) is 18.7 Å². The van der Waals surface area contributed by atoms with Crippen molar-refractivity contribution in [1.29, 1.82) is 0 Å². The predicted octanol–water partition coefficient (Wildman–Crippen LogP) is 1.68. The van der Waals surface area contributed by atoms with E-state index in [1.54, 1.807) is 18.4 Å². The Morgan fingerprint density at radius 2 is 1.22 bits per heavy atom. The van der Waals surface area contributed by atoms with E-state index >= 15 is 0 Å². The molecule has 19 nitrogen and oxygen atoms in total. The normalized spacial score (nSPS) is 29.3. The number of ether oxygens (including phenoxy) is 2. The lowest BCUT2D eigenvalue weighted by Gasteiger charge is -2.51. The molecule has 4 aromatic rings. The van der Waals surface area contributed by atoms with Crippen LogP contribution in [-0.4, -0.2) is 126 Å². The fraction of sp³-hybridized carbons (Fsp3) is 0.706. The Labute approximate surface area is 319 Å². The minimum atomic E-state index is -2.89. The molecule has 3 aliphatic heterocycles. The van der Waals surface area contributed by atoms with Crippen LogP contribution in [0.2, 0.25) is 22.2 Å². The molecule has 55 heavy (non-hydrogen) atoms. The van der Waals surface area contributed by atoms with Crippen LogP contribution in [0.15, 0.2) is 22.2 Å². The zero-order valence-corrected chi connectivity index (χ0v) is 34.8. The van der Waals surface area contributed by atoms with Gasteiger partial charge in [-0.05, 0) is 36.0 Å². The lowest BCUT2D eigenvalue weighted by molar-refractivity contribution is -0.0570. The molecule has 7 heterocycles. The Balaban J connectivity index is 0.000000217. The maximum Gasteiger partial charge on any atom is 0.335 e. The lowest BCUT2D eigenvalue weighted by atomic mass is 10.1. The third-order valence-corrected chi connectivity index (χ3v) is 21.1. The van der Waals surface area contributed by atoms with Crippen LogP contribution < -0.4 is 11.1 Å². The lowest BCUT2D eigenvalue weighted by Crippen LogP contribution is -2.65. The molecule has 304 valence electrons. The van der Waals surface area contributed by atoms with Gasteiger partial charge >= 0.3 is 17.1 Å². The average molecular weight is 807 g/mol. The van der Waals surface area contributed by atoms with Crippen molar-refractivity contribution in [3.8, 4) is 0 Å². The number of aromatic nitrogens is 8. The standard InChI is InChI=1S/C23H40N4O6Si2.C11H14N4O5/c1-12(2)34(13(3)4)30-10-17-20(32-35(33-34,14(5)6)15(7)8)19(28)23(31-17)27-11-24-18-21(27)25-16(9)26-22(18)29;1-4-13-9-6(10(19)14-4)12-3-15(9)11-8(18)7(17)5(2-16)20-11/h11-15,17,19-20,23,28H,10H2,1-9H3,(H,25,26,29);3,5,7-8,11,16-18H,2H2,1H3,(H,13,14,19)/t17-,19?,20+,23-;5-,7+,8?,11-/m11/s1. The van der Waals surface area contributed by atoms with Gasteiger partial charge in [0.15, 0.2) is 34.8 Å². The van der Waals surface area contributed by atoms with E-state index in [9.17, 15) is 24.9 Å². The summed E-state index contributed by atoms with van der Waals surface area (Å²) >= 11 is 0. The molecule has 3 saturated heterocycles. The maximum atomic E-state index is 12.4. The fourth-order valence-corrected chi connectivity index (χ4v) is 19.1. The fourth-order valence-electron chi connectivity index (χ4n) is 7.92. The number of hydrogen-bond donors (Lipinski definition) is 6. The monoisotopic (exact) mass is 806 g/mol. The van der Waals surface area contributed by atoms with Crippen LogP contribution in [0.3, 0.4) is 0 Å². The van der Waals surface area contributed by atoms with E-state index in [2.05, 4.69) is 85.3 Å². The summed E-state index contributed by atoms with van der Waals surface area (Å²) in [6.07, 6.45) is -4.46. The largest absolute Gasteiger partial charge is 0.414 e. The first-order valence-electron chi connectivity index (χ1n) is 18.7. The average Bonchev–Trinajstić information content (AvgIpc) is 3.85. The highest BCUT2D eigenvalue weighted by Gasteiger charge is 2.62.